The highest BCUT2D eigenvalue weighted by Crippen LogP contribution is 2.53. The van der Waals surface area contributed by atoms with Crippen LogP contribution in [0.25, 0.3) is 10.9 Å². The summed E-state index contributed by atoms with van der Waals surface area (Å²) < 4.78 is 14.8. The molecule has 0 radical (unpaired) electrons. The number of anilines is 2. The van der Waals surface area contributed by atoms with Crippen molar-refractivity contribution in [3.05, 3.63) is 119 Å². The van der Waals surface area contributed by atoms with Gasteiger partial charge in [0.15, 0.2) is 0 Å². The van der Waals surface area contributed by atoms with E-state index in [9.17, 15) is 4.79 Å². The second-order valence-corrected chi connectivity index (χ2v) is 9.66. The van der Waals surface area contributed by atoms with Crippen molar-refractivity contribution in [3.63, 3.8) is 0 Å². The number of esters is 1. The van der Waals surface area contributed by atoms with Crippen molar-refractivity contribution >= 4 is 28.2 Å². The van der Waals surface area contributed by atoms with Gasteiger partial charge in [0.1, 0.15) is 11.4 Å². The highest BCUT2D eigenvalue weighted by atomic mass is 16.6. The summed E-state index contributed by atoms with van der Waals surface area (Å²) in [5, 5.41) is 1.02. The monoisotopic (exact) mass is 517 g/mol. The molecule has 5 aromatic rings. The van der Waals surface area contributed by atoms with Gasteiger partial charge in [0.25, 0.3) is 0 Å². The fourth-order valence-electron chi connectivity index (χ4n) is 6.12. The highest BCUT2D eigenvalue weighted by Gasteiger charge is 2.53. The average molecular weight is 518 g/mol. The fourth-order valence-corrected chi connectivity index (χ4v) is 6.12. The van der Waals surface area contributed by atoms with Gasteiger partial charge in [-0.3, -0.25) is 4.98 Å². The number of cyclic esters (lactones) is 1. The molecule has 1 atom stereocenters. The van der Waals surface area contributed by atoms with Crippen molar-refractivity contribution in [1.82, 2.24) is 9.55 Å². The smallest absolute Gasteiger partial charge is 0.341 e. The van der Waals surface area contributed by atoms with Crippen LogP contribution in [0.1, 0.15) is 46.7 Å². The third-order valence-electron chi connectivity index (χ3n) is 7.77. The van der Waals surface area contributed by atoms with Gasteiger partial charge in [-0.1, -0.05) is 36.4 Å². The molecule has 6 rings (SSSR count). The third kappa shape index (κ3) is 3.62. The number of hydrogen-bond donors (Lipinski definition) is 0. The van der Waals surface area contributed by atoms with Gasteiger partial charge in [0.2, 0.25) is 5.60 Å². The molecule has 3 heterocycles. The van der Waals surface area contributed by atoms with Crippen LogP contribution in [0.15, 0.2) is 91.1 Å². The molecule has 39 heavy (non-hydrogen) atoms. The number of carbonyl (C=O) groups excluding carboxylic acids is 1. The fraction of sp³-hybridized carbons (Fsp3) is 0.212. The summed E-state index contributed by atoms with van der Waals surface area (Å²) in [6, 6.07) is 28.2. The number of carbonyl (C=O) groups is 1. The largest absolute Gasteiger partial charge is 0.496 e. The van der Waals surface area contributed by atoms with Gasteiger partial charge < -0.3 is 18.9 Å². The topological polar surface area (TPSA) is 56.6 Å². The van der Waals surface area contributed by atoms with E-state index in [0.717, 1.165) is 52.2 Å². The quantitative estimate of drug-likeness (QED) is 0.218. The summed E-state index contributed by atoms with van der Waals surface area (Å²) in [6.45, 7) is 7.90. The van der Waals surface area contributed by atoms with E-state index >= 15 is 0 Å². The number of fused-ring (bicyclic) bond motifs is 2. The van der Waals surface area contributed by atoms with E-state index in [1.54, 1.807) is 25.4 Å². The number of methoxy groups -OCH3 is 1. The molecule has 196 valence electrons. The molecule has 2 aromatic heterocycles. The summed E-state index contributed by atoms with van der Waals surface area (Å²) in [7, 11) is 1.66. The molecular weight excluding hydrogens is 486 g/mol. The number of aromatic nitrogens is 2. The predicted octanol–water partition coefficient (Wildman–Crippen LogP) is 6.99. The third-order valence-corrected chi connectivity index (χ3v) is 7.77. The van der Waals surface area contributed by atoms with Gasteiger partial charge in [-0.05, 0) is 63.2 Å². The van der Waals surface area contributed by atoms with Crippen LogP contribution in [0.4, 0.5) is 11.4 Å². The Hall–Kier alpha value is -4.58. The van der Waals surface area contributed by atoms with Crippen molar-refractivity contribution < 1.29 is 14.3 Å². The molecule has 6 nitrogen and oxygen atoms in total. The lowest BCUT2D eigenvalue weighted by Gasteiger charge is -2.32. The van der Waals surface area contributed by atoms with E-state index in [1.807, 2.05) is 42.5 Å². The lowest BCUT2D eigenvalue weighted by molar-refractivity contribution is 0.0239. The normalized spacial score (nSPS) is 16.3. The van der Waals surface area contributed by atoms with Crippen LogP contribution in [-0.4, -0.2) is 29.2 Å². The summed E-state index contributed by atoms with van der Waals surface area (Å²) >= 11 is 0. The van der Waals surface area contributed by atoms with Gasteiger partial charge in [-0.25, -0.2) is 4.79 Å². The van der Waals surface area contributed by atoms with Gasteiger partial charge in [0.05, 0.1) is 12.7 Å². The Kier molecular flexibility index (Phi) is 6.10. The first-order valence-corrected chi connectivity index (χ1v) is 13.3. The Balaban J connectivity index is 1.66. The summed E-state index contributed by atoms with van der Waals surface area (Å²) in [4.78, 5) is 20.4. The second-order valence-electron chi connectivity index (χ2n) is 9.66. The zero-order valence-corrected chi connectivity index (χ0v) is 22.6. The van der Waals surface area contributed by atoms with Crippen LogP contribution < -0.4 is 9.64 Å². The van der Waals surface area contributed by atoms with Crippen molar-refractivity contribution in [3.8, 4) is 5.75 Å². The Morgan fingerprint density at radius 2 is 1.72 bits per heavy atom. The molecule has 0 N–H and O–H groups in total. The number of para-hydroxylation sites is 2. The number of pyridine rings is 1. The van der Waals surface area contributed by atoms with Gasteiger partial charge in [-0.2, -0.15) is 0 Å². The van der Waals surface area contributed by atoms with E-state index in [2.05, 4.69) is 60.6 Å². The first kappa shape index (κ1) is 24.7. The molecule has 0 fully saturated rings. The molecule has 1 aliphatic heterocycles. The number of rotatable bonds is 7. The van der Waals surface area contributed by atoms with Gasteiger partial charge in [-0.15, -0.1) is 0 Å². The Morgan fingerprint density at radius 3 is 2.46 bits per heavy atom. The van der Waals surface area contributed by atoms with E-state index in [-0.39, 0.29) is 0 Å². The minimum atomic E-state index is -1.27. The van der Waals surface area contributed by atoms with Gasteiger partial charge in [0, 0.05) is 64.5 Å². The number of benzene rings is 3. The maximum atomic E-state index is 13.4. The van der Waals surface area contributed by atoms with Crippen LogP contribution in [0.5, 0.6) is 5.75 Å². The molecule has 0 aliphatic carbocycles. The minimum absolute atomic E-state index is 0.392. The standard InChI is InChI=1S/C33H31N3O3/c1-5-35-22(3)30(25-15-10-11-17-28(25)35)33(31-26(32(37)39-33)16-12-20-34-31)27-19-18-24(21-29(27)38-4)36(6-2)23-13-8-7-9-14-23/h7-21H,5-6H2,1-4H3. The Morgan fingerprint density at radius 1 is 0.949 bits per heavy atom. The first-order chi connectivity index (χ1) is 19.0. The number of aryl methyl sites for hydroxylation is 1. The minimum Gasteiger partial charge on any atom is -0.496 e. The van der Waals surface area contributed by atoms with Crippen molar-refractivity contribution in [2.24, 2.45) is 0 Å². The molecule has 6 heteroatoms. The lowest BCUT2D eigenvalue weighted by Crippen LogP contribution is -2.32. The van der Waals surface area contributed by atoms with Crippen LogP contribution in [0.3, 0.4) is 0 Å². The number of nitrogens with zero attached hydrogens (tertiary/aromatic N) is 3. The maximum Gasteiger partial charge on any atom is 0.341 e. The summed E-state index contributed by atoms with van der Waals surface area (Å²) in [5.41, 5.74) is 5.61. The highest BCUT2D eigenvalue weighted by molar-refractivity contribution is 5.98. The number of ether oxygens (including phenoxy) is 2. The molecule has 1 aliphatic rings. The van der Waals surface area contributed by atoms with E-state index in [0.29, 0.717) is 17.0 Å². The zero-order chi connectivity index (χ0) is 27.1. The van der Waals surface area contributed by atoms with E-state index in [4.69, 9.17) is 14.5 Å². The summed E-state index contributed by atoms with van der Waals surface area (Å²) in [6.07, 6.45) is 1.72. The Labute approximate surface area is 228 Å². The van der Waals surface area contributed by atoms with Crippen molar-refractivity contribution in [2.45, 2.75) is 32.9 Å². The zero-order valence-electron chi connectivity index (χ0n) is 22.6. The van der Waals surface area contributed by atoms with Crippen molar-refractivity contribution in [2.75, 3.05) is 18.6 Å². The van der Waals surface area contributed by atoms with E-state index in [1.165, 1.54) is 0 Å². The number of hydrogen-bond acceptors (Lipinski definition) is 5. The van der Waals surface area contributed by atoms with Crippen LogP contribution in [0, 0.1) is 6.92 Å². The van der Waals surface area contributed by atoms with Gasteiger partial charge >= 0.3 is 5.97 Å². The molecule has 0 amide bonds. The predicted molar refractivity (Wildman–Crippen MR) is 154 cm³/mol. The van der Waals surface area contributed by atoms with Crippen LogP contribution in [0.2, 0.25) is 0 Å². The maximum absolute atomic E-state index is 13.4. The molecule has 1 unspecified atom stereocenters. The van der Waals surface area contributed by atoms with E-state index < -0.39 is 11.6 Å². The average Bonchev–Trinajstić information content (AvgIpc) is 3.44. The summed E-state index contributed by atoms with van der Waals surface area (Å²) in [5.74, 6) is 0.234. The van der Waals surface area contributed by atoms with Crippen LogP contribution in [-0.2, 0) is 16.9 Å². The van der Waals surface area contributed by atoms with Crippen molar-refractivity contribution in [1.29, 1.82) is 0 Å². The second kappa shape index (κ2) is 9.62. The molecular formula is C33H31N3O3. The molecule has 0 saturated carbocycles. The SMILES string of the molecule is CCN(c1ccccc1)c1ccc(C2(c3c(C)n(CC)c4ccccc34)OC(=O)c3cccnc32)c(OC)c1. The first-order valence-electron chi connectivity index (χ1n) is 13.3. The van der Waals surface area contributed by atoms with Crippen LogP contribution >= 0.6 is 0 Å². The molecule has 3 aromatic carbocycles. The molecule has 0 saturated heterocycles. The lowest BCUT2D eigenvalue weighted by atomic mass is 9.80. The molecule has 0 spiro atoms. The Bertz CT molecular complexity index is 1690. The molecule has 0 bridgehead atoms.